The lowest BCUT2D eigenvalue weighted by Crippen LogP contribution is -2.47. The summed E-state index contributed by atoms with van der Waals surface area (Å²) < 4.78 is 7.55. The molecule has 2 unspecified atom stereocenters. The summed E-state index contributed by atoms with van der Waals surface area (Å²) in [5.41, 5.74) is 0.0655. The molecule has 0 saturated heterocycles. The minimum absolute atomic E-state index is 0. The van der Waals surface area contributed by atoms with Gasteiger partial charge in [-0.25, -0.2) is 9.67 Å². The average Bonchev–Trinajstić information content (AvgIpc) is 2.94. The highest BCUT2D eigenvalue weighted by molar-refractivity contribution is 14.0. The monoisotopic (exact) mass is 450 g/mol. The summed E-state index contributed by atoms with van der Waals surface area (Å²) in [5.74, 6) is 1.91. The fourth-order valence-corrected chi connectivity index (χ4v) is 2.74. The van der Waals surface area contributed by atoms with Gasteiger partial charge in [-0.05, 0) is 18.8 Å². The van der Waals surface area contributed by atoms with E-state index < -0.39 is 0 Å². The van der Waals surface area contributed by atoms with Crippen LogP contribution in [0.1, 0.15) is 39.9 Å². The Labute approximate surface area is 162 Å². The molecule has 2 N–H and O–H groups in total. The first-order valence-corrected chi connectivity index (χ1v) is 8.38. The fourth-order valence-electron chi connectivity index (χ4n) is 2.74. The number of rotatable bonds is 5. The third-order valence-electron chi connectivity index (χ3n) is 4.16. The number of methoxy groups -OCH3 is 1. The summed E-state index contributed by atoms with van der Waals surface area (Å²) in [6.45, 7) is 10.9. The van der Waals surface area contributed by atoms with E-state index in [4.69, 9.17) is 9.73 Å². The Kier molecular flexibility index (Phi) is 8.41. The van der Waals surface area contributed by atoms with Crippen molar-refractivity contribution in [2.24, 2.45) is 10.4 Å². The molecular formula is C16H31IN6O. The number of aryl methyl sites for hydroxylation is 1. The number of fused-ring (bicyclic) bond motifs is 1. The first-order chi connectivity index (χ1) is 10.9. The van der Waals surface area contributed by atoms with Crippen LogP contribution in [0.5, 0.6) is 0 Å². The van der Waals surface area contributed by atoms with Crippen LogP contribution in [0.25, 0.3) is 0 Å². The highest BCUT2D eigenvalue weighted by atomic mass is 127. The van der Waals surface area contributed by atoms with Crippen LogP contribution in [0.2, 0.25) is 0 Å². The van der Waals surface area contributed by atoms with Crippen molar-refractivity contribution in [3.05, 3.63) is 12.2 Å². The van der Waals surface area contributed by atoms with Crippen molar-refractivity contribution in [1.29, 1.82) is 0 Å². The molecule has 2 atom stereocenters. The van der Waals surface area contributed by atoms with Crippen molar-refractivity contribution < 1.29 is 4.74 Å². The van der Waals surface area contributed by atoms with Gasteiger partial charge in [0, 0.05) is 26.1 Å². The van der Waals surface area contributed by atoms with Crippen LogP contribution in [-0.4, -0.2) is 53.1 Å². The van der Waals surface area contributed by atoms with E-state index in [2.05, 4.69) is 48.4 Å². The van der Waals surface area contributed by atoms with Crippen LogP contribution < -0.4 is 10.6 Å². The molecule has 0 fully saturated rings. The maximum atomic E-state index is 5.58. The molecule has 0 saturated carbocycles. The van der Waals surface area contributed by atoms with Gasteiger partial charge in [0.2, 0.25) is 0 Å². The Morgan fingerprint density at radius 3 is 2.88 bits per heavy atom. The number of hydrogen-bond donors (Lipinski definition) is 2. The minimum Gasteiger partial charge on any atom is -0.379 e. The topological polar surface area (TPSA) is 76.4 Å². The SMILES string of the molecule is CCNC(=NCC(OC)C(C)(C)C)NC1CCc2ncnn2C1.I. The van der Waals surface area contributed by atoms with Crippen molar-refractivity contribution in [2.45, 2.75) is 59.2 Å². The lowest BCUT2D eigenvalue weighted by atomic mass is 9.89. The van der Waals surface area contributed by atoms with Gasteiger partial charge in [0.15, 0.2) is 5.96 Å². The Bertz CT molecular complexity index is 525. The van der Waals surface area contributed by atoms with E-state index in [9.17, 15) is 0 Å². The second-order valence-corrected chi connectivity index (χ2v) is 7.05. The van der Waals surface area contributed by atoms with E-state index in [1.165, 1.54) is 0 Å². The maximum Gasteiger partial charge on any atom is 0.191 e. The molecule has 0 radical (unpaired) electrons. The van der Waals surface area contributed by atoms with E-state index in [1.807, 2.05) is 4.68 Å². The smallest absolute Gasteiger partial charge is 0.191 e. The molecule has 138 valence electrons. The van der Waals surface area contributed by atoms with E-state index in [0.29, 0.717) is 12.6 Å². The lowest BCUT2D eigenvalue weighted by Gasteiger charge is -2.29. The van der Waals surface area contributed by atoms with Gasteiger partial charge < -0.3 is 15.4 Å². The number of ether oxygens (including phenoxy) is 1. The Hall–Kier alpha value is -0.900. The summed E-state index contributed by atoms with van der Waals surface area (Å²) in [6.07, 6.45) is 3.70. The van der Waals surface area contributed by atoms with Crippen LogP contribution in [0.15, 0.2) is 11.3 Å². The number of guanidine groups is 1. The van der Waals surface area contributed by atoms with Crippen LogP contribution in [0.3, 0.4) is 0 Å². The van der Waals surface area contributed by atoms with E-state index in [-0.39, 0.29) is 35.5 Å². The number of nitrogens with one attached hydrogen (secondary N) is 2. The van der Waals surface area contributed by atoms with Crippen LogP contribution in [-0.2, 0) is 17.7 Å². The molecule has 0 amide bonds. The molecule has 2 rings (SSSR count). The molecule has 1 aliphatic rings. The predicted molar refractivity (Wildman–Crippen MR) is 107 cm³/mol. The molecule has 7 nitrogen and oxygen atoms in total. The van der Waals surface area contributed by atoms with Gasteiger partial charge >= 0.3 is 0 Å². The van der Waals surface area contributed by atoms with Crippen LogP contribution in [0.4, 0.5) is 0 Å². The zero-order chi connectivity index (χ0) is 16.9. The Morgan fingerprint density at radius 2 is 2.25 bits per heavy atom. The summed E-state index contributed by atoms with van der Waals surface area (Å²) in [6, 6.07) is 0.317. The maximum absolute atomic E-state index is 5.58. The third kappa shape index (κ3) is 5.87. The molecule has 24 heavy (non-hydrogen) atoms. The largest absolute Gasteiger partial charge is 0.379 e. The number of hydrogen-bond acceptors (Lipinski definition) is 4. The van der Waals surface area contributed by atoms with Crippen molar-refractivity contribution in [1.82, 2.24) is 25.4 Å². The molecule has 0 spiro atoms. The third-order valence-corrected chi connectivity index (χ3v) is 4.16. The zero-order valence-corrected chi connectivity index (χ0v) is 17.7. The molecule has 0 bridgehead atoms. The van der Waals surface area contributed by atoms with Crippen molar-refractivity contribution in [2.75, 3.05) is 20.2 Å². The van der Waals surface area contributed by atoms with E-state index in [1.54, 1.807) is 13.4 Å². The molecule has 2 heterocycles. The first-order valence-electron chi connectivity index (χ1n) is 8.38. The number of aromatic nitrogens is 3. The lowest BCUT2D eigenvalue weighted by molar-refractivity contribution is 0.0241. The van der Waals surface area contributed by atoms with Gasteiger partial charge in [-0.1, -0.05) is 20.8 Å². The molecule has 0 aromatic carbocycles. The van der Waals surface area contributed by atoms with Gasteiger partial charge in [0.25, 0.3) is 0 Å². The van der Waals surface area contributed by atoms with Crippen molar-refractivity contribution >= 4 is 29.9 Å². The zero-order valence-electron chi connectivity index (χ0n) is 15.4. The summed E-state index contributed by atoms with van der Waals surface area (Å²) >= 11 is 0. The van der Waals surface area contributed by atoms with Gasteiger partial charge in [0.05, 0.1) is 19.2 Å². The Morgan fingerprint density at radius 1 is 1.50 bits per heavy atom. The molecule has 0 aliphatic carbocycles. The summed E-state index contributed by atoms with van der Waals surface area (Å²) in [5, 5.41) is 11.1. The highest BCUT2D eigenvalue weighted by Crippen LogP contribution is 2.21. The summed E-state index contributed by atoms with van der Waals surface area (Å²) in [4.78, 5) is 8.98. The minimum atomic E-state index is 0. The van der Waals surface area contributed by atoms with Crippen molar-refractivity contribution in [3.8, 4) is 0 Å². The number of aliphatic imine (C=N–C) groups is 1. The normalized spacial score (nSPS) is 19.2. The fraction of sp³-hybridized carbons (Fsp3) is 0.812. The standard InChI is InChI=1S/C16H30N6O.HI/c1-6-17-15(18-9-13(23-5)16(2,3)4)21-12-7-8-14-19-11-20-22(14)10-12;/h11-13H,6-10H2,1-5H3,(H2,17,18,21);1H. The Balaban J connectivity index is 0.00000288. The predicted octanol–water partition coefficient (Wildman–Crippen LogP) is 1.83. The van der Waals surface area contributed by atoms with Gasteiger partial charge in [0.1, 0.15) is 12.2 Å². The highest BCUT2D eigenvalue weighted by Gasteiger charge is 2.25. The van der Waals surface area contributed by atoms with E-state index in [0.717, 1.165) is 37.7 Å². The van der Waals surface area contributed by atoms with Gasteiger partial charge in [-0.15, -0.1) is 24.0 Å². The quantitative estimate of drug-likeness (QED) is 0.407. The number of halogens is 1. The van der Waals surface area contributed by atoms with Crippen molar-refractivity contribution in [3.63, 3.8) is 0 Å². The average molecular weight is 450 g/mol. The van der Waals surface area contributed by atoms with Crippen LogP contribution in [0, 0.1) is 5.41 Å². The van der Waals surface area contributed by atoms with Gasteiger partial charge in [-0.3, -0.25) is 4.99 Å². The molecule has 8 heteroatoms. The molecular weight excluding hydrogens is 419 g/mol. The first kappa shape index (κ1) is 21.1. The van der Waals surface area contributed by atoms with E-state index >= 15 is 0 Å². The second-order valence-electron chi connectivity index (χ2n) is 7.05. The second kappa shape index (κ2) is 9.55. The molecule has 1 aromatic heterocycles. The molecule has 1 aliphatic heterocycles. The number of nitrogens with zero attached hydrogens (tertiary/aromatic N) is 4. The summed E-state index contributed by atoms with van der Waals surface area (Å²) in [7, 11) is 1.75. The van der Waals surface area contributed by atoms with Crippen LogP contribution >= 0.6 is 24.0 Å². The molecule has 1 aromatic rings. The van der Waals surface area contributed by atoms with Gasteiger partial charge in [-0.2, -0.15) is 5.10 Å².